The topological polar surface area (TPSA) is 176 Å². The molecule has 4 rings (SSSR count). The Hall–Kier alpha value is -3.50. The van der Waals surface area contributed by atoms with Crippen molar-refractivity contribution >= 4 is 29.1 Å². The van der Waals surface area contributed by atoms with Crippen LogP contribution in [0.25, 0.3) is 0 Å². The summed E-state index contributed by atoms with van der Waals surface area (Å²) in [6, 6.07) is 1.49. The Morgan fingerprint density at radius 1 is 1.21 bits per heavy atom. The quantitative estimate of drug-likeness (QED) is 0.291. The second-order valence-corrected chi connectivity index (χ2v) is 11.7. The van der Waals surface area contributed by atoms with Crippen LogP contribution in [0.4, 0.5) is 10.5 Å². The molecule has 3 aliphatic rings. The van der Waals surface area contributed by atoms with Crippen LogP contribution in [0.3, 0.4) is 0 Å². The highest BCUT2D eigenvalue weighted by atomic mass is 16.5. The number of amides is 1. The second kappa shape index (κ2) is 9.36. The fourth-order valence-corrected chi connectivity index (χ4v) is 5.87. The molecular weight excluding hydrogens is 492 g/mol. The minimum Gasteiger partial charge on any atom is -0.508 e. The predicted molar refractivity (Wildman–Crippen MR) is 138 cm³/mol. The summed E-state index contributed by atoms with van der Waals surface area (Å²) in [7, 11) is 0. The van der Waals surface area contributed by atoms with E-state index in [9.17, 15) is 34.5 Å². The fourth-order valence-electron chi connectivity index (χ4n) is 5.87. The van der Waals surface area contributed by atoms with E-state index in [4.69, 9.17) is 10.5 Å². The Labute approximate surface area is 220 Å². The number of fused-ring (bicyclic) bond motifs is 3. The molecule has 0 bridgehead atoms. The van der Waals surface area contributed by atoms with E-state index in [1.54, 1.807) is 6.92 Å². The molecule has 204 valence electrons. The third kappa shape index (κ3) is 4.31. The highest BCUT2D eigenvalue weighted by molar-refractivity contribution is 6.25. The van der Waals surface area contributed by atoms with Crippen LogP contribution in [0.15, 0.2) is 28.5 Å². The molecule has 0 fully saturated rings. The lowest BCUT2D eigenvalue weighted by atomic mass is 9.59. The lowest BCUT2D eigenvalue weighted by Gasteiger charge is -2.46. The standard InChI is InChI=1S/C28H34N2O8/c1-12-6-16-7-14-8-17-15(10-29)9-18(30-26(36)38-11-27(3,4)5)22(32)21(17)23(33)20(14)25(35)28(16,37)24(34)19(12)13(2)31/h9,14,16,32,35,37H,6-8,10-11,29H2,1-5H3,(H,30,36)/t14-,16-,28-/m1/s1. The minimum absolute atomic E-state index is 0.00896. The van der Waals surface area contributed by atoms with E-state index >= 15 is 0 Å². The molecule has 0 heterocycles. The van der Waals surface area contributed by atoms with Crippen molar-refractivity contribution in [3.63, 3.8) is 0 Å². The van der Waals surface area contributed by atoms with Gasteiger partial charge in [0.05, 0.1) is 23.4 Å². The fraction of sp³-hybridized carbons (Fsp3) is 0.500. The highest BCUT2D eigenvalue weighted by Gasteiger charge is 2.58. The zero-order valence-corrected chi connectivity index (χ0v) is 22.2. The van der Waals surface area contributed by atoms with E-state index in [0.717, 1.165) is 0 Å². The third-order valence-electron chi connectivity index (χ3n) is 7.60. The number of ketones is 3. The number of carbonyl (C=O) groups excluding carboxylic acids is 4. The van der Waals surface area contributed by atoms with Gasteiger partial charge >= 0.3 is 6.09 Å². The molecule has 3 atom stereocenters. The van der Waals surface area contributed by atoms with E-state index in [1.807, 2.05) is 20.8 Å². The van der Waals surface area contributed by atoms with E-state index in [1.165, 1.54) is 13.0 Å². The van der Waals surface area contributed by atoms with Crippen molar-refractivity contribution < 1.29 is 39.2 Å². The van der Waals surface area contributed by atoms with Gasteiger partial charge in [0, 0.05) is 18.0 Å². The van der Waals surface area contributed by atoms with Gasteiger partial charge in [-0.1, -0.05) is 26.3 Å². The van der Waals surface area contributed by atoms with Gasteiger partial charge in [-0.25, -0.2) is 4.79 Å². The Bertz CT molecular complexity index is 1330. The molecule has 38 heavy (non-hydrogen) atoms. The number of carbonyl (C=O) groups is 4. The molecule has 0 saturated heterocycles. The van der Waals surface area contributed by atoms with Crippen molar-refractivity contribution in [1.29, 1.82) is 0 Å². The number of allylic oxidation sites excluding steroid dienone is 2. The van der Waals surface area contributed by atoms with E-state index in [-0.39, 0.29) is 60.2 Å². The van der Waals surface area contributed by atoms with E-state index in [0.29, 0.717) is 16.7 Å². The first-order chi connectivity index (χ1) is 17.6. The van der Waals surface area contributed by atoms with Crippen molar-refractivity contribution in [2.24, 2.45) is 23.0 Å². The number of nitrogens with one attached hydrogen (secondary N) is 1. The lowest BCUT2D eigenvalue weighted by Crippen LogP contribution is -2.56. The number of aromatic hydroxyl groups is 1. The lowest BCUT2D eigenvalue weighted by molar-refractivity contribution is -0.143. The molecule has 1 amide bonds. The number of benzene rings is 1. The number of aliphatic hydroxyl groups is 2. The third-order valence-corrected chi connectivity index (χ3v) is 7.60. The molecule has 6 N–H and O–H groups in total. The summed E-state index contributed by atoms with van der Waals surface area (Å²) in [6.45, 7) is 8.63. The Morgan fingerprint density at radius 2 is 1.87 bits per heavy atom. The highest BCUT2D eigenvalue weighted by Crippen LogP contribution is 2.52. The number of anilines is 1. The number of rotatable bonds is 4. The summed E-state index contributed by atoms with van der Waals surface area (Å²) >= 11 is 0. The zero-order valence-electron chi connectivity index (χ0n) is 22.2. The average molecular weight is 527 g/mol. The summed E-state index contributed by atoms with van der Waals surface area (Å²) in [6.07, 6.45) is -0.194. The normalized spacial score (nSPS) is 25.0. The Morgan fingerprint density at radius 3 is 2.45 bits per heavy atom. The minimum atomic E-state index is -2.42. The summed E-state index contributed by atoms with van der Waals surface area (Å²) in [5.74, 6) is -4.82. The number of ether oxygens (including phenoxy) is 1. The monoisotopic (exact) mass is 526 g/mol. The van der Waals surface area contributed by atoms with Crippen molar-refractivity contribution in [1.82, 2.24) is 0 Å². The predicted octanol–water partition coefficient (Wildman–Crippen LogP) is 3.24. The van der Waals surface area contributed by atoms with Crippen LogP contribution in [-0.2, 0) is 27.3 Å². The number of phenolic OH excluding ortho intramolecular Hbond substituents is 1. The molecule has 3 aliphatic carbocycles. The van der Waals surface area contributed by atoms with Gasteiger partial charge in [0.15, 0.2) is 22.9 Å². The van der Waals surface area contributed by atoms with Crippen molar-refractivity contribution in [3.05, 3.63) is 45.2 Å². The van der Waals surface area contributed by atoms with Gasteiger partial charge in [0.1, 0.15) is 5.76 Å². The molecule has 0 saturated carbocycles. The molecule has 0 aromatic heterocycles. The van der Waals surface area contributed by atoms with Crippen LogP contribution in [0.1, 0.15) is 68.9 Å². The first-order valence-corrected chi connectivity index (χ1v) is 12.6. The zero-order chi connectivity index (χ0) is 28.3. The number of hydrogen-bond donors (Lipinski definition) is 5. The number of phenols is 1. The molecule has 10 nitrogen and oxygen atoms in total. The maximum atomic E-state index is 13.8. The molecular formula is C28H34N2O8. The molecule has 10 heteroatoms. The van der Waals surface area contributed by atoms with Gasteiger partial charge < -0.3 is 25.8 Å². The Kier molecular flexibility index (Phi) is 6.78. The molecule has 0 unspecified atom stereocenters. The summed E-state index contributed by atoms with van der Waals surface area (Å²) < 4.78 is 5.21. The number of nitrogens with two attached hydrogens (primary N) is 1. The number of hydrogen-bond acceptors (Lipinski definition) is 9. The number of aliphatic hydroxyl groups excluding tert-OH is 1. The van der Waals surface area contributed by atoms with Gasteiger partial charge in [-0.15, -0.1) is 0 Å². The smallest absolute Gasteiger partial charge is 0.411 e. The summed E-state index contributed by atoms with van der Waals surface area (Å²) in [5, 5.41) is 36.2. The summed E-state index contributed by atoms with van der Waals surface area (Å²) in [5.41, 5.74) is 4.18. The van der Waals surface area contributed by atoms with Gasteiger partial charge in [-0.2, -0.15) is 0 Å². The Balaban J connectivity index is 1.79. The second-order valence-electron chi connectivity index (χ2n) is 11.7. The van der Waals surface area contributed by atoms with Crippen molar-refractivity contribution in [3.8, 4) is 5.75 Å². The molecule has 0 radical (unpaired) electrons. The molecule has 0 spiro atoms. The van der Waals surface area contributed by atoms with E-state index < -0.39 is 52.4 Å². The van der Waals surface area contributed by atoms with Crippen LogP contribution < -0.4 is 11.1 Å². The molecule has 1 aromatic carbocycles. The molecule has 0 aliphatic heterocycles. The van der Waals surface area contributed by atoms with Gasteiger partial charge in [-0.3, -0.25) is 19.7 Å². The van der Waals surface area contributed by atoms with Crippen LogP contribution >= 0.6 is 0 Å². The van der Waals surface area contributed by atoms with Gasteiger partial charge in [-0.05, 0) is 61.6 Å². The number of Topliss-reactive ketones (excluding diaryl/α,β-unsaturated/α-hetero) is 3. The van der Waals surface area contributed by atoms with Crippen molar-refractivity contribution in [2.75, 3.05) is 11.9 Å². The van der Waals surface area contributed by atoms with Crippen LogP contribution in [-0.4, -0.2) is 51.0 Å². The summed E-state index contributed by atoms with van der Waals surface area (Å²) in [4.78, 5) is 51.6. The van der Waals surface area contributed by atoms with Crippen LogP contribution in [0, 0.1) is 17.3 Å². The van der Waals surface area contributed by atoms with Gasteiger partial charge in [0.2, 0.25) is 5.78 Å². The first-order valence-electron chi connectivity index (χ1n) is 12.6. The van der Waals surface area contributed by atoms with Gasteiger partial charge in [0.25, 0.3) is 0 Å². The van der Waals surface area contributed by atoms with E-state index in [2.05, 4.69) is 5.32 Å². The van der Waals surface area contributed by atoms with Crippen LogP contribution in [0.5, 0.6) is 5.75 Å². The average Bonchev–Trinajstić information content (AvgIpc) is 2.81. The largest absolute Gasteiger partial charge is 0.508 e. The SMILES string of the molecule is CC(=O)C1=C(C)C[C@@H]2C[C@@H]3Cc4c(CN)cc(NC(=O)OCC(C)(C)C)c(O)c4C(=O)C3=C(O)[C@]2(O)C1=O. The maximum Gasteiger partial charge on any atom is 0.411 e. The molecule has 1 aromatic rings. The maximum absolute atomic E-state index is 13.8. The van der Waals surface area contributed by atoms with Crippen molar-refractivity contribution in [2.45, 2.75) is 66.0 Å². The van der Waals surface area contributed by atoms with Crippen LogP contribution in [0.2, 0.25) is 0 Å². The first kappa shape index (κ1) is 27.5.